The first-order chi connectivity index (χ1) is 9.26. The number of nitrogens with two attached hydrogens (primary N) is 1. The molecule has 0 amide bonds. The van der Waals surface area contributed by atoms with Gasteiger partial charge in [-0.25, -0.2) is 0 Å². The highest BCUT2D eigenvalue weighted by Gasteiger charge is 2.27. The van der Waals surface area contributed by atoms with Gasteiger partial charge in [0.2, 0.25) is 5.88 Å². The molecule has 2 aliphatic rings. The highest BCUT2D eigenvalue weighted by atomic mass is 16.5. The minimum atomic E-state index is 0.629. The van der Waals surface area contributed by atoms with Crippen molar-refractivity contribution in [2.45, 2.75) is 12.8 Å². The van der Waals surface area contributed by atoms with Crippen LogP contribution in [-0.2, 0) is 0 Å². The third-order valence-electron chi connectivity index (χ3n) is 3.97. The second kappa shape index (κ2) is 5.25. The summed E-state index contributed by atoms with van der Waals surface area (Å²) in [5.74, 6) is 2.46. The van der Waals surface area contributed by atoms with Gasteiger partial charge in [0.1, 0.15) is 0 Å². The Morgan fingerprint density at radius 1 is 1.26 bits per heavy atom. The lowest BCUT2D eigenvalue weighted by Crippen LogP contribution is -2.47. The SMILES string of the molecule is COc1ccc(N)c(N2CCN(CC3CC3)CC2)n1. The molecule has 0 aromatic carbocycles. The summed E-state index contributed by atoms with van der Waals surface area (Å²) in [5, 5.41) is 0. The van der Waals surface area contributed by atoms with Crippen molar-refractivity contribution in [2.24, 2.45) is 5.92 Å². The van der Waals surface area contributed by atoms with Crippen LogP contribution < -0.4 is 15.4 Å². The number of ether oxygens (including phenoxy) is 1. The van der Waals surface area contributed by atoms with Crippen molar-refractivity contribution in [1.82, 2.24) is 9.88 Å². The molecule has 1 saturated heterocycles. The van der Waals surface area contributed by atoms with Crippen LogP contribution in [0.15, 0.2) is 12.1 Å². The fourth-order valence-electron chi connectivity index (χ4n) is 2.62. The first-order valence-electron chi connectivity index (χ1n) is 7.04. The van der Waals surface area contributed by atoms with Crippen molar-refractivity contribution in [3.63, 3.8) is 0 Å². The molecule has 2 fully saturated rings. The van der Waals surface area contributed by atoms with Gasteiger partial charge in [0.05, 0.1) is 12.8 Å². The second-order valence-electron chi connectivity index (χ2n) is 5.50. The molecule has 1 aliphatic heterocycles. The highest BCUT2D eigenvalue weighted by molar-refractivity contribution is 5.63. The molecule has 3 rings (SSSR count). The quantitative estimate of drug-likeness (QED) is 0.884. The normalized spacial score (nSPS) is 20.6. The molecule has 0 bridgehead atoms. The smallest absolute Gasteiger partial charge is 0.215 e. The van der Waals surface area contributed by atoms with Crippen molar-refractivity contribution in [2.75, 3.05) is 50.5 Å². The predicted molar refractivity (Wildman–Crippen MR) is 76.6 cm³/mol. The van der Waals surface area contributed by atoms with Gasteiger partial charge < -0.3 is 15.4 Å². The van der Waals surface area contributed by atoms with E-state index in [1.165, 1.54) is 19.4 Å². The molecule has 0 radical (unpaired) electrons. The maximum atomic E-state index is 6.03. The topological polar surface area (TPSA) is 54.6 Å². The summed E-state index contributed by atoms with van der Waals surface area (Å²) in [6.45, 7) is 5.48. The number of pyridine rings is 1. The lowest BCUT2D eigenvalue weighted by Gasteiger charge is -2.35. The number of nitrogen functional groups attached to an aromatic ring is 1. The van der Waals surface area contributed by atoms with Crippen LogP contribution in [-0.4, -0.2) is 49.7 Å². The van der Waals surface area contributed by atoms with E-state index >= 15 is 0 Å². The summed E-state index contributed by atoms with van der Waals surface area (Å²) in [6, 6.07) is 3.68. The lowest BCUT2D eigenvalue weighted by molar-refractivity contribution is 0.247. The first-order valence-corrected chi connectivity index (χ1v) is 7.04. The van der Waals surface area contributed by atoms with E-state index in [0.29, 0.717) is 5.88 Å². The molecule has 5 nitrogen and oxygen atoms in total. The Bertz CT molecular complexity index is 439. The molecule has 1 saturated carbocycles. The monoisotopic (exact) mass is 262 g/mol. The molecule has 5 heteroatoms. The van der Waals surface area contributed by atoms with Gasteiger partial charge in [-0.15, -0.1) is 0 Å². The molecule has 1 aliphatic carbocycles. The van der Waals surface area contributed by atoms with E-state index in [4.69, 9.17) is 10.5 Å². The molecule has 2 N–H and O–H groups in total. The van der Waals surface area contributed by atoms with Gasteiger partial charge in [-0.05, 0) is 24.8 Å². The Hall–Kier alpha value is -1.49. The molecule has 0 spiro atoms. The Labute approximate surface area is 114 Å². The van der Waals surface area contributed by atoms with Gasteiger partial charge in [-0.1, -0.05) is 0 Å². The van der Waals surface area contributed by atoms with Gasteiger partial charge in [-0.3, -0.25) is 4.90 Å². The number of hydrogen-bond donors (Lipinski definition) is 1. The fourth-order valence-corrected chi connectivity index (χ4v) is 2.62. The van der Waals surface area contributed by atoms with E-state index in [0.717, 1.165) is 43.6 Å². The fraction of sp³-hybridized carbons (Fsp3) is 0.643. The molecule has 1 aromatic heterocycles. The first kappa shape index (κ1) is 12.5. The molecular weight excluding hydrogens is 240 g/mol. The summed E-state index contributed by atoms with van der Waals surface area (Å²) in [7, 11) is 1.63. The summed E-state index contributed by atoms with van der Waals surface area (Å²) < 4.78 is 5.18. The zero-order valence-corrected chi connectivity index (χ0v) is 11.5. The molecular formula is C14H22N4O. The van der Waals surface area contributed by atoms with E-state index in [1.54, 1.807) is 7.11 Å². The minimum absolute atomic E-state index is 0.629. The second-order valence-corrected chi connectivity index (χ2v) is 5.50. The van der Waals surface area contributed by atoms with Crippen molar-refractivity contribution in [3.8, 4) is 5.88 Å². The standard InChI is InChI=1S/C14H22N4O/c1-19-13-5-4-12(15)14(16-13)18-8-6-17(7-9-18)10-11-2-3-11/h4-5,11H,2-3,6-10,15H2,1H3. The van der Waals surface area contributed by atoms with Crippen LogP contribution in [0.5, 0.6) is 5.88 Å². The third kappa shape index (κ3) is 2.92. The van der Waals surface area contributed by atoms with Crippen LogP contribution in [0.1, 0.15) is 12.8 Å². The zero-order chi connectivity index (χ0) is 13.2. The third-order valence-corrected chi connectivity index (χ3v) is 3.97. The number of piperazine rings is 1. The minimum Gasteiger partial charge on any atom is -0.481 e. The van der Waals surface area contributed by atoms with Gasteiger partial charge in [0.25, 0.3) is 0 Å². The number of hydrogen-bond acceptors (Lipinski definition) is 5. The molecule has 2 heterocycles. The summed E-state index contributed by atoms with van der Waals surface area (Å²) in [5.41, 5.74) is 6.76. The van der Waals surface area contributed by atoms with Gasteiger partial charge in [-0.2, -0.15) is 4.98 Å². The van der Waals surface area contributed by atoms with E-state index in [2.05, 4.69) is 14.8 Å². The maximum absolute atomic E-state index is 6.03. The summed E-state index contributed by atoms with van der Waals surface area (Å²) in [4.78, 5) is 9.30. The van der Waals surface area contributed by atoms with Crippen LogP contribution in [0.4, 0.5) is 11.5 Å². The Balaban J connectivity index is 1.63. The van der Waals surface area contributed by atoms with E-state index in [1.807, 2.05) is 12.1 Å². The van der Waals surface area contributed by atoms with Crippen molar-refractivity contribution < 1.29 is 4.74 Å². The Kier molecular flexibility index (Phi) is 3.46. The molecule has 19 heavy (non-hydrogen) atoms. The van der Waals surface area contributed by atoms with E-state index in [9.17, 15) is 0 Å². The molecule has 0 unspecified atom stereocenters. The summed E-state index contributed by atoms with van der Waals surface area (Å²) >= 11 is 0. The van der Waals surface area contributed by atoms with Gasteiger partial charge in [0.15, 0.2) is 5.82 Å². The average molecular weight is 262 g/mol. The van der Waals surface area contributed by atoms with Gasteiger partial charge >= 0.3 is 0 Å². The van der Waals surface area contributed by atoms with E-state index < -0.39 is 0 Å². The molecule has 1 aromatic rings. The average Bonchev–Trinajstić information content (AvgIpc) is 3.24. The van der Waals surface area contributed by atoms with Crippen LogP contribution in [0.2, 0.25) is 0 Å². The molecule has 0 atom stereocenters. The van der Waals surface area contributed by atoms with Crippen LogP contribution in [0.25, 0.3) is 0 Å². The molecule has 104 valence electrons. The van der Waals surface area contributed by atoms with E-state index in [-0.39, 0.29) is 0 Å². The lowest BCUT2D eigenvalue weighted by atomic mass is 10.2. The van der Waals surface area contributed by atoms with Crippen LogP contribution in [0.3, 0.4) is 0 Å². The Morgan fingerprint density at radius 3 is 2.63 bits per heavy atom. The number of nitrogens with zero attached hydrogens (tertiary/aromatic N) is 3. The zero-order valence-electron chi connectivity index (χ0n) is 11.5. The highest BCUT2D eigenvalue weighted by Crippen LogP contribution is 2.30. The number of rotatable bonds is 4. The Morgan fingerprint density at radius 2 is 2.00 bits per heavy atom. The number of methoxy groups -OCH3 is 1. The van der Waals surface area contributed by atoms with Crippen LogP contribution in [0, 0.1) is 5.92 Å². The van der Waals surface area contributed by atoms with Crippen molar-refractivity contribution in [1.29, 1.82) is 0 Å². The predicted octanol–water partition coefficient (Wildman–Crippen LogP) is 1.20. The maximum Gasteiger partial charge on any atom is 0.215 e. The van der Waals surface area contributed by atoms with Crippen molar-refractivity contribution >= 4 is 11.5 Å². The largest absolute Gasteiger partial charge is 0.481 e. The number of aromatic nitrogens is 1. The van der Waals surface area contributed by atoms with Crippen LogP contribution >= 0.6 is 0 Å². The van der Waals surface area contributed by atoms with Crippen molar-refractivity contribution in [3.05, 3.63) is 12.1 Å². The number of anilines is 2. The summed E-state index contributed by atoms with van der Waals surface area (Å²) in [6.07, 6.45) is 2.84. The van der Waals surface area contributed by atoms with Gasteiger partial charge in [0, 0.05) is 38.8 Å².